The summed E-state index contributed by atoms with van der Waals surface area (Å²) in [5.41, 5.74) is 4.05. The van der Waals surface area contributed by atoms with Crippen molar-refractivity contribution in [1.29, 1.82) is 0 Å². The number of aryl methyl sites for hydroxylation is 1. The lowest BCUT2D eigenvalue weighted by Gasteiger charge is -2.33. The van der Waals surface area contributed by atoms with E-state index in [1.807, 2.05) is 80.0 Å². The summed E-state index contributed by atoms with van der Waals surface area (Å²) in [5, 5.41) is 5.09. The van der Waals surface area contributed by atoms with Crippen LogP contribution in [0.1, 0.15) is 45.5 Å². The Labute approximate surface area is 292 Å². The number of imidazole rings is 1. The Morgan fingerprint density at radius 3 is 2.59 bits per heavy atom. The van der Waals surface area contributed by atoms with Crippen LogP contribution in [0.3, 0.4) is 0 Å². The lowest BCUT2D eigenvalue weighted by Crippen LogP contribution is -2.43. The van der Waals surface area contributed by atoms with Gasteiger partial charge in [-0.15, -0.1) is 0 Å². The van der Waals surface area contributed by atoms with E-state index < -0.39 is 13.7 Å². The van der Waals surface area contributed by atoms with Gasteiger partial charge in [-0.2, -0.15) is 5.10 Å². The SMILES string of the molecule is Cc1nc2ccc(Oc3ccc4ncc(-c5cnn(C6CC7CC6CN7C(=O)OC(C)(C)C)c5)nc4c3Cl)cc2n1COCC[Si](C)(C)C. The predicted molar refractivity (Wildman–Crippen MR) is 193 cm³/mol. The quantitative estimate of drug-likeness (QED) is 0.111. The molecule has 2 fully saturated rings. The van der Waals surface area contributed by atoms with Gasteiger partial charge < -0.3 is 23.7 Å². The number of ether oxygens (including phenoxy) is 3. The highest BCUT2D eigenvalue weighted by atomic mass is 35.5. The second-order valence-electron chi connectivity index (χ2n) is 15.5. The highest BCUT2D eigenvalue weighted by molar-refractivity contribution is 6.76. The zero-order valence-corrected chi connectivity index (χ0v) is 31.0. The molecule has 11 nitrogen and oxygen atoms in total. The van der Waals surface area contributed by atoms with E-state index in [4.69, 9.17) is 40.9 Å². The van der Waals surface area contributed by atoms with Crippen LogP contribution >= 0.6 is 11.6 Å². The topological polar surface area (TPSA) is 109 Å². The van der Waals surface area contributed by atoms with Crippen LogP contribution in [0.2, 0.25) is 30.7 Å². The molecule has 3 aromatic heterocycles. The number of rotatable bonds is 9. The van der Waals surface area contributed by atoms with Crippen molar-refractivity contribution in [2.45, 2.75) is 90.6 Å². The number of carbonyl (C=O) groups excluding carboxylic acids is 1. The van der Waals surface area contributed by atoms with Gasteiger partial charge in [0.2, 0.25) is 0 Å². The lowest BCUT2D eigenvalue weighted by molar-refractivity contribution is 0.0162. The molecule has 2 bridgehead atoms. The fraction of sp³-hybridized carbons (Fsp3) is 0.472. The molecule has 0 spiro atoms. The van der Waals surface area contributed by atoms with Crippen molar-refractivity contribution in [2.24, 2.45) is 5.92 Å². The van der Waals surface area contributed by atoms with Gasteiger partial charge in [-0.05, 0) is 70.8 Å². The molecule has 2 aromatic carbocycles. The molecule has 1 aliphatic heterocycles. The van der Waals surface area contributed by atoms with Gasteiger partial charge in [0.15, 0.2) is 0 Å². The molecule has 258 valence electrons. The Bertz CT molecular complexity index is 2030. The largest absolute Gasteiger partial charge is 0.456 e. The van der Waals surface area contributed by atoms with Gasteiger partial charge in [0, 0.05) is 51.0 Å². The first-order valence-corrected chi connectivity index (χ1v) is 21.0. The number of hydrogen-bond acceptors (Lipinski definition) is 8. The molecule has 1 saturated heterocycles. The molecule has 7 rings (SSSR count). The highest BCUT2D eigenvalue weighted by Gasteiger charge is 2.48. The molecule has 1 saturated carbocycles. The lowest BCUT2D eigenvalue weighted by atomic mass is 10.0. The molecule has 5 aromatic rings. The van der Waals surface area contributed by atoms with Gasteiger partial charge in [-0.1, -0.05) is 31.2 Å². The Morgan fingerprint density at radius 1 is 1.06 bits per heavy atom. The molecule has 4 heterocycles. The van der Waals surface area contributed by atoms with Crippen LogP contribution in [0, 0.1) is 12.8 Å². The van der Waals surface area contributed by atoms with Crippen LogP contribution in [0.5, 0.6) is 11.5 Å². The second kappa shape index (κ2) is 12.7. The average Bonchev–Trinajstić information content (AvgIpc) is 3.83. The van der Waals surface area contributed by atoms with Crippen molar-refractivity contribution in [3.8, 4) is 22.8 Å². The van der Waals surface area contributed by atoms with Crippen molar-refractivity contribution >= 4 is 47.8 Å². The van der Waals surface area contributed by atoms with Crippen LogP contribution < -0.4 is 4.74 Å². The number of aromatic nitrogens is 6. The minimum absolute atomic E-state index is 0.161. The number of amides is 1. The number of carbonyl (C=O) groups is 1. The van der Waals surface area contributed by atoms with Crippen molar-refractivity contribution in [3.05, 3.63) is 59.8 Å². The molecule has 13 heteroatoms. The van der Waals surface area contributed by atoms with Crippen LogP contribution in [0.25, 0.3) is 33.3 Å². The van der Waals surface area contributed by atoms with Crippen molar-refractivity contribution in [1.82, 2.24) is 34.2 Å². The van der Waals surface area contributed by atoms with Gasteiger partial charge in [-0.25, -0.2) is 14.8 Å². The van der Waals surface area contributed by atoms with Crippen molar-refractivity contribution in [3.63, 3.8) is 0 Å². The number of nitrogens with zero attached hydrogens (tertiary/aromatic N) is 7. The summed E-state index contributed by atoms with van der Waals surface area (Å²) in [6.45, 7) is 16.6. The summed E-state index contributed by atoms with van der Waals surface area (Å²) in [6, 6.07) is 11.0. The van der Waals surface area contributed by atoms with Gasteiger partial charge >= 0.3 is 6.09 Å². The Hall–Kier alpha value is -4.00. The third kappa shape index (κ3) is 7.04. The normalized spacial score (nSPS) is 19.3. The van der Waals surface area contributed by atoms with E-state index in [-0.39, 0.29) is 18.2 Å². The number of benzene rings is 2. The average molecular weight is 702 g/mol. The molecule has 1 aliphatic carbocycles. The fourth-order valence-corrected chi connectivity index (χ4v) is 7.80. The standard InChI is InChI=1S/C36H44ClN7O4Si/c1-22-40-27-9-8-26(16-31(27)43(22)21-46-12-13-49(5,6)7)47-32-11-10-28-34(33(32)37)41-29(18-38-28)24-17-39-44(20-24)30-15-25-14-23(30)19-42(25)35(45)48-36(2,3)4/h8-11,16-18,20,23,25,30H,12-15,19,21H2,1-7H3. The molecule has 0 radical (unpaired) electrons. The highest BCUT2D eigenvalue weighted by Crippen LogP contribution is 2.45. The Kier molecular flexibility index (Phi) is 8.69. The maximum Gasteiger partial charge on any atom is 0.410 e. The molecule has 2 aliphatic rings. The molecular formula is C36H44ClN7O4Si. The molecule has 0 N–H and O–H groups in total. The number of fused-ring (bicyclic) bond motifs is 4. The maximum atomic E-state index is 12.7. The number of piperidine rings is 1. The van der Waals surface area contributed by atoms with Gasteiger partial charge in [-0.3, -0.25) is 9.67 Å². The van der Waals surface area contributed by atoms with E-state index in [0.717, 1.165) is 47.9 Å². The van der Waals surface area contributed by atoms with Crippen molar-refractivity contribution < 1.29 is 19.0 Å². The molecule has 3 unspecified atom stereocenters. The number of likely N-dealkylation sites (tertiary alicyclic amines) is 1. The first-order chi connectivity index (χ1) is 23.2. The smallest absolute Gasteiger partial charge is 0.410 e. The van der Waals surface area contributed by atoms with E-state index >= 15 is 0 Å². The van der Waals surface area contributed by atoms with Crippen LogP contribution in [0.4, 0.5) is 4.79 Å². The van der Waals surface area contributed by atoms with E-state index in [1.54, 1.807) is 6.20 Å². The maximum absolute atomic E-state index is 12.7. The Morgan fingerprint density at radius 2 is 1.86 bits per heavy atom. The molecule has 3 atom stereocenters. The van der Waals surface area contributed by atoms with Crippen molar-refractivity contribution in [2.75, 3.05) is 13.2 Å². The number of halogens is 1. The zero-order valence-electron chi connectivity index (χ0n) is 29.2. The third-order valence-electron chi connectivity index (χ3n) is 9.34. The van der Waals surface area contributed by atoms with Gasteiger partial charge in [0.1, 0.15) is 40.2 Å². The third-order valence-corrected chi connectivity index (χ3v) is 11.4. The molecular weight excluding hydrogens is 658 g/mol. The van der Waals surface area contributed by atoms with E-state index in [2.05, 4.69) is 29.2 Å². The van der Waals surface area contributed by atoms with Crippen LogP contribution in [-0.2, 0) is 16.2 Å². The summed E-state index contributed by atoms with van der Waals surface area (Å²) in [5.74, 6) is 2.34. The monoisotopic (exact) mass is 701 g/mol. The van der Waals surface area contributed by atoms with E-state index in [1.165, 1.54) is 0 Å². The summed E-state index contributed by atoms with van der Waals surface area (Å²) < 4.78 is 22.1. The summed E-state index contributed by atoms with van der Waals surface area (Å²) in [6.07, 6.45) is 7.15. The minimum Gasteiger partial charge on any atom is -0.456 e. The van der Waals surface area contributed by atoms with E-state index in [9.17, 15) is 4.79 Å². The van der Waals surface area contributed by atoms with Gasteiger partial charge in [0.05, 0.1) is 40.7 Å². The Balaban J connectivity index is 1.07. The fourth-order valence-electron chi connectivity index (χ4n) is 6.80. The zero-order chi connectivity index (χ0) is 34.7. The number of hydrogen-bond donors (Lipinski definition) is 0. The minimum atomic E-state index is -1.18. The van der Waals surface area contributed by atoms with Gasteiger partial charge in [0.25, 0.3) is 0 Å². The predicted octanol–water partition coefficient (Wildman–Crippen LogP) is 8.48. The summed E-state index contributed by atoms with van der Waals surface area (Å²) in [7, 11) is -1.18. The van der Waals surface area contributed by atoms with Crippen LogP contribution in [0.15, 0.2) is 48.9 Å². The second-order valence-corrected chi connectivity index (χ2v) is 21.5. The molecule has 49 heavy (non-hydrogen) atoms. The first-order valence-electron chi connectivity index (χ1n) is 16.9. The van der Waals surface area contributed by atoms with E-state index in [0.29, 0.717) is 52.4 Å². The van der Waals surface area contributed by atoms with Crippen LogP contribution in [-0.4, -0.2) is 73.2 Å². The first kappa shape index (κ1) is 33.5. The summed E-state index contributed by atoms with van der Waals surface area (Å²) in [4.78, 5) is 28.9. The summed E-state index contributed by atoms with van der Waals surface area (Å²) >= 11 is 6.93. The molecule has 1 amide bonds.